The van der Waals surface area contributed by atoms with E-state index in [-0.39, 0.29) is 17.5 Å². The summed E-state index contributed by atoms with van der Waals surface area (Å²) in [6.07, 6.45) is 0.939. The molecule has 2 heterocycles. The van der Waals surface area contributed by atoms with Gasteiger partial charge in [-0.1, -0.05) is 11.6 Å². The molecule has 166 valence electrons. The van der Waals surface area contributed by atoms with Gasteiger partial charge in [-0.15, -0.1) is 0 Å². The number of fused-ring (bicyclic) bond motifs is 1. The molecule has 1 fully saturated rings. The zero-order valence-corrected chi connectivity index (χ0v) is 17.8. The number of aromatic amines is 2. The monoisotopic (exact) mass is 456 g/mol. The van der Waals surface area contributed by atoms with Crippen molar-refractivity contribution in [2.24, 2.45) is 5.92 Å². The molecule has 10 heteroatoms. The van der Waals surface area contributed by atoms with Crippen LogP contribution in [0.2, 0.25) is 5.02 Å². The number of rotatable bonds is 5. The Morgan fingerprint density at radius 1 is 1.03 bits per heavy atom. The Hall–Kier alpha value is -3.59. The van der Waals surface area contributed by atoms with E-state index in [9.17, 15) is 19.2 Å². The molecule has 0 atom stereocenters. The first-order chi connectivity index (χ1) is 15.4. The maximum Gasteiger partial charge on any atom is 0.323 e. The van der Waals surface area contributed by atoms with E-state index < -0.39 is 18.5 Å². The fraction of sp³-hybridized carbons (Fsp3) is 0.273. The van der Waals surface area contributed by atoms with Gasteiger partial charge in [-0.3, -0.25) is 14.4 Å². The van der Waals surface area contributed by atoms with Gasteiger partial charge in [0, 0.05) is 29.4 Å². The molecule has 0 aliphatic carbocycles. The van der Waals surface area contributed by atoms with E-state index in [2.05, 4.69) is 15.3 Å². The third kappa shape index (κ3) is 5.00. The number of likely N-dealkylation sites (tertiary alicyclic amines) is 1. The van der Waals surface area contributed by atoms with Crippen LogP contribution < -0.4 is 11.0 Å². The second-order valence-electron chi connectivity index (χ2n) is 7.57. The number of aromatic nitrogens is 2. The molecule has 0 bridgehead atoms. The summed E-state index contributed by atoms with van der Waals surface area (Å²) in [4.78, 5) is 55.3. The lowest BCUT2D eigenvalue weighted by Crippen LogP contribution is -2.41. The SMILES string of the molecule is O=C(COC(=O)C1CCN(C(=O)c2ccc(Cl)cc2)CC1)Nc1ccc2[nH]c(=O)[nH]c2c1. The van der Waals surface area contributed by atoms with Crippen LogP contribution in [0, 0.1) is 5.92 Å². The number of amides is 2. The number of nitrogens with one attached hydrogen (secondary N) is 3. The van der Waals surface area contributed by atoms with E-state index in [1.54, 1.807) is 47.4 Å². The quantitative estimate of drug-likeness (QED) is 0.509. The molecule has 4 rings (SSSR count). The van der Waals surface area contributed by atoms with E-state index in [0.717, 1.165) is 0 Å². The first kappa shape index (κ1) is 21.6. The maximum atomic E-state index is 12.6. The Morgan fingerprint density at radius 3 is 2.44 bits per heavy atom. The molecule has 1 saturated heterocycles. The van der Waals surface area contributed by atoms with Crippen LogP contribution in [0.1, 0.15) is 23.2 Å². The van der Waals surface area contributed by atoms with Crippen molar-refractivity contribution in [1.82, 2.24) is 14.9 Å². The Labute approximate surface area is 187 Å². The number of ether oxygens (including phenoxy) is 1. The fourth-order valence-corrected chi connectivity index (χ4v) is 3.78. The third-order valence-corrected chi connectivity index (χ3v) is 5.60. The van der Waals surface area contributed by atoms with Crippen LogP contribution >= 0.6 is 11.6 Å². The minimum atomic E-state index is -0.481. The number of halogens is 1. The minimum Gasteiger partial charge on any atom is -0.455 e. The summed E-state index contributed by atoms with van der Waals surface area (Å²) in [5, 5.41) is 3.19. The molecule has 9 nitrogen and oxygen atoms in total. The zero-order valence-electron chi connectivity index (χ0n) is 17.0. The van der Waals surface area contributed by atoms with Crippen LogP contribution in [0.5, 0.6) is 0 Å². The summed E-state index contributed by atoms with van der Waals surface area (Å²) in [5.74, 6) is -1.40. The number of H-pyrrole nitrogens is 2. The number of carbonyl (C=O) groups is 3. The van der Waals surface area contributed by atoms with Crippen LogP contribution in [0.15, 0.2) is 47.3 Å². The van der Waals surface area contributed by atoms with Gasteiger partial charge in [-0.2, -0.15) is 0 Å². The molecule has 32 heavy (non-hydrogen) atoms. The van der Waals surface area contributed by atoms with Crippen LogP contribution in [0.3, 0.4) is 0 Å². The number of hydrogen-bond donors (Lipinski definition) is 3. The molecule has 0 unspecified atom stereocenters. The van der Waals surface area contributed by atoms with Gasteiger partial charge in [-0.25, -0.2) is 4.79 Å². The molecule has 2 amide bonds. The highest BCUT2D eigenvalue weighted by atomic mass is 35.5. The molecule has 2 aromatic carbocycles. The van der Waals surface area contributed by atoms with Crippen molar-refractivity contribution >= 4 is 46.1 Å². The van der Waals surface area contributed by atoms with Gasteiger partial charge >= 0.3 is 11.7 Å². The van der Waals surface area contributed by atoms with Gasteiger partial charge in [0.1, 0.15) is 0 Å². The number of esters is 1. The van der Waals surface area contributed by atoms with Gasteiger partial charge < -0.3 is 24.9 Å². The second kappa shape index (κ2) is 9.27. The predicted molar refractivity (Wildman–Crippen MR) is 119 cm³/mol. The molecular formula is C22H21ClN4O5. The highest BCUT2D eigenvalue weighted by Crippen LogP contribution is 2.21. The fourth-order valence-electron chi connectivity index (χ4n) is 3.66. The summed E-state index contributed by atoms with van der Waals surface area (Å²) in [7, 11) is 0. The van der Waals surface area contributed by atoms with Gasteiger partial charge in [0.15, 0.2) is 6.61 Å². The van der Waals surface area contributed by atoms with Crippen LogP contribution in [-0.4, -0.2) is 52.3 Å². The molecule has 3 N–H and O–H groups in total. The number of carbonyl (C=O) groups excluding carboxylic acids is 3. The molecule has 1 aliphatic heterocycles. The number of hydrogen-bond acceptors (Lipinski definition) is 5. The second-order valence-corrected chi connectivity index (χ2v) is 8.01. The molecular weight excluding hydrogens is 436 g/mol. The molecule has 0 radical (unpaired) electrons. The minimum absolute atomic E-state index is 0.103. The smallest absolute Gasteiger partial charge is 0.323 e. The van der Waals surface area contributed by atoms with Gasteiger partial charge in [0.2, 0.25) is 0 Å². The zero-order chi connectivity index (χ0) is 22.7. The lowest BCUT2D eigenvalue weighted by Gasteiger charge is -2.31. The van der Waals surface area contributed by atoms with Crippen molar-refractivity contribution < 1.29 is 19.1 Å². The van der Waals surface area contributed by atoms with Crippen LogP contribution in [-0.2, 0) is 14.3 Å². The molecule has 0 saturated carbocycles. The highest BCUT2D eigenvalue weighted by Gasteiger charge is 2.29. The molecule has 0 spiro atoms. The van der Waals surface area contributed by atoms with Crippen molar-refractivity contribution in [3.05, 3.63) is 63.5 Å². The van der Waals surface area contributed by atoms with Crippen molar-refractivity contribution in [1.29, 1.82) is 0 Å². The molecule has 3 aromatic rings. The Bertz CT molecular complexity index is 1210. The first-order valence-electron chi connectivity index (χ1n) is 10.1. The number of nitrogens with zero attached hydrogens (tertiary/aromatic N) is 1. The van der Waals surface area contributed by atoms with E-state index in [1.807, 2.05) is 0 Å². The predicted octanol–water partition coefficient (Wildman–Crippen LogP) is 2.54. The van der Waals surface area contributed by atoms with Gasteiger partial charge in [0.25, 0.3) is 11.8 Å². The largest absolute Gasteiger partial charge is 0.455 e. The van der Waals surface area contributed by atoms with E-state index in [0.29, 0.717) is 53.2 Å². The maximum absolute atomic E-state index is 12.6. The topological polar surface area (TPSA) is 124 Å². The summed E-state index contributed by atoms with van der Waals surface area (Å²) in [5.41, 5.74) is 1.88. The first-order valence-corrected chi connectivity index (χ1v) is 10.5. The number of benzene rings is 2. The Morgan fingerprint density at radius 2 is 1.72 bits per heavy atom. The van der Waals surface area contributed by atoms with Crippen LogP contribution in [0.25, 0.3) is 11.0 Å². The van der Waals surface area contributed by atoms with E-state index in [4.69, 9.17) is 16.3 Å². The standard InChI is InChI=1S/C22H21ClN4O5/c23-15-3-1-13(2-4-15)20(29)27-9-7-14(8-10-27)21(30)32-12-19(28)24-16-5-6-17-18(11-16)26-22(31)25-17/h1-6,11,14H,7-10,12H2,(H,24,28)(H2,25,26,31). The lowest BCUT2D eigenvalue weighted by molar-refractivity contribution is -0.152. The van der Waals surface area contributed by atoms with E-state index >= 15 is 0 Å². The number of piperidine rings is 1. The lowest BCUT2D eigenvalue weighted by atomic mass is 9.96. The van der Waals surface area contributed by atoms with E-state index in [1.165, 1.54) is 0 Å². The summed E-state index contributed by atoms with van der Waals surface area (Å²) in [6, 6.07) is 11.6. The van der Waals surface area contributed by atoms with Gasteiger partial charge in [-0.05, 0) is 55.3 Å². The molecule has 1 aromatic heterocycles. The normalized spacial score (nSPS) is 14.3. The highest BCUT2D eigenvalue weighted by molar-refractivity contribution is 6.30. The average Bonchev–Trinajstić information content (AvgIpc) is 3.17. The van der Waals surface area contributed by atoms with Crippen LogP contribution in [0.4, 0.5) is 5.69 Å². The van der Waals surface area contributed by atoms with Crippen molar-refractivity contribution in [3.63, 3.8) is 0 Å². The summed E-state index contributed by atoms with van der Waals surface area (Å²) in [6.45, 7) is 0.453. The molecule has 1 aliphatic rings. The summed E-state index contributed by atoms with van der Waals surface area (Å²) >= 11 is 5.86. The Kier molecular flexibility index (Phi) is 6.27. The van der Waals surface area contributed by atoms with Gasteiger partial charge in [0.05, 0.1) is 17.0 Å². The number of imidazole rings is 1. The summed E-state index contributed by atoms with van der Waals surface area (Å²) < 4.78 is 5.17. The third-order valence-electron chi connectivity index (χ3n) is 5.35. The van der Waals surface area contributed by atoms with Crippen molar-refractivity contribution in [3.8, 4) is 0 Å². The Balaban J connectivity index is 1.23. The van der Waals surface area contributed by atoms with Crippen molar-refractivity contribution in [2.45, 2.75) is 12.8 Å². The number of anilines is 1. The average molecular weight is 457 g/mol. The van der Waals surface area contributed by atoms with Crippen molar-refractivity contribution in [2.75, 3.05) is 25.0 Å².